The van der Waals surface area contributed by atoms with Crippen LogP contribution in [0.2, 0.25) is 5.02 Å². The molecule has 0 atom stereocenters. The molecule has 0 saturated carbocycles. The monoisotopic (exact) mass is 253 g/mol. The Hall–Kier alpha value is -1.59. The van der Waals surface area contributed by atoms with Gasteiger partial charge in [-0.3, -0.25) is 0 Å². The molecule has 6 heteroatoms. The van der Waals surface area contributed by atoms with E-state index >= 15 is 0 Å². The highest BCUT2D eigenvalue weighted by Crippen LogP contribution is 2.33. The van der Waals surface area contributed by atoms with Crippen LogP contribution < -0.4 is 10.5 Å². The Labute approximate surface area is 104 Å². The van der Waals surface area contributed by atoms with Crippen LogP contribution in [0.25, 0.3) is 11.5 Å². The van der Waals surface area contributed by atoms with Crippen molar-refractivity contribution < 1.29 is 9.15 Å². The zero-order chi connectivity index (χ0) is 12.4. The minimum atomic E-state index is 0.203. The van der Waals surface area contributed by atoms with Crippen molar-refractivity contribution in [1.29, 1.82) is 0 Å². The van der Waals surface area contributed by atoms with Gasteiger partial charge in [0.05, 0.1) is 19.2 Å². The van der Waals surface area contributed by atoms with E-state index in [2.05, 4.69) is 10.2 Å². The van der Waals surface area contributed by atoms with Gasteiger partial charge in [0.1, 0.15) is 5.75 Å². The molecular weight excluding hydrogens is 242 g/mol. The summed E-state index contributed by atoms with van der Waals surface area (Å²) in [5.41, 5.74) is 7.00. The van der Waals surface area contributed by atoms with Crippen LogP contribution in [0.4, 0.5) is 0 Å². The maximum Gasteiger partial charge on any atom is 0.251 e. The number of hydrogen-bond donors (Lipinski definition) is 1. The third-order valence-electron chi connectivity index (χ3n) is 2.35. The van der Waals surface area contributed by atoms with Gasteiger partial charge in [-0.15, -0.1) is 10.2 Å². The zero-order valence-corrected chi connectivity index (χ0v) is 10.3. The first-order valence-electron chi connectivity index (χ1n) is 5.02. The molecule has 5 nitrogen and oxygen atoms in total. The highest BCUT2D eigenvalue weighted by Gasteiger charge is 2.15. The van der Waals surface area contributed by atoms with E-state index in [1.165, 1.54) is 0 Å². The lowest BCUT2D eigenvalue weighted by molar-refractivity contribution is 0.413. The van der Waals surface area contributed by atoms with Crippen molar-refractivity contribution in [2.24, 2.45) is 5.73 Å². The Bertz CT molecular complexity index is 540. The van der Waals surface area contributed by atoms with Crippen LogP contribution >= 0.6 is 11.6 Å². The van der Waals surface area contributed by atoms with Gasteiger partial charge in [-0.05, 0) is 24.6 Å². The van der Waals surface area contributed by atoms with E-state index in [1.54, 1.807) is 13.2 Å². The highest BCUT2D eigenvalue weighted by molar-refractivity contribution is 6.31. The molecule has 2 rings (SSSR count). The molecule has 17 heavy (non-hydrogen) atoms. The number of aromatic nitrogens is 2. The molecule has 0 spiro atoms. The number of halogens is 1. The second-order valence-electron chi connectivity index (χ2n) is 3.51. The van der Waals surface area contributed by atoms with Crippen LogP contribution in [0.15, 0.2) is 16.5 Å². The lowest BCUT2D eigenvalue weighted by Crippen LogP contribution is -1.95. The number of nitrogens with two attached hydrogens (primary N) is 1. The van der Waals surface area contributed by atoms with Gasteiger partial charge in [0, 0.05) is 5.02 Å². The summed E-state index contributed by atoms with van der Waals surface area (Å²) < 4.78 is 10.6. The normalized spacial score (nSPS) is 10.6. The molecule has 0 amide bonds. The molecule has 0 fully saturated rings. The lowest BCUT2D eigenvalue weighted by atomic mass is 10.1. The number of rotatable bonds is 3. The third-order valence-corrected chi connectivity index (χ3v) is 2.76. The summed E-state index contributed by atoms with van der Waals surface area (Å²) in [6.45, 7) is 2.10. The number of aryl methyl sites for hydroxylation is 1. The first-order chi connectivity index (χ1) is 8.15. The van der Waals surface area contributed by atoms with Crippen molar-refractivity contribution in [3.8, 4) is 17.2 Å². The second-order valence-corrected chi connectivity index (χ2v) is 3.91. The van der Waals surface area contributed by atoms with Gasteiger partial charge in [-0.25, -0.2) is 0 Å². The summed E-state index contributed by atoms with van der Waals surface area (Å²) in [6, 6.07) is 3.56. The molecule has 0 radical (unpaired) electrons. The molecule has 0 aliphatic rings. The summed E-state index contributed by atoms with van der Waals surface area (Å²) in [5, 5.41) is 8.32. The number of nitrogens with zero attached hydrogens (tertiary/aromatic N) is 2. The third kappa shape index (κ3) is 2.25. The van der Waals surface area contributed by atoms with E-state index in [9.17, 15) is 0 Å². The molecule has 0 saturated heterocycles. The largest absolute Gasteiger partial charge is 0.496 e. The van der Waals surface area contributed by atoms with Gasteiger partial charge in [0.15, 0.2) is 0 Å². The molecule has 2 aromatic rings. The maximum atomic E-state index is 6.06. The summed E-state index contributed by atoms with van der Waals surface area (Å²) in [6.07, 6.45) is 0. The van der Waals surface area contributed by atoms with Crippen molar-refractivity contribution in [3.63, 3.8) is 0 Å². The van der Waals surface area contributed by atoms with Crippen molar-refractivity contribution in [2.45, 2.75) is 13.5 Å². The molecule has 1 heterocycles. The first-order valence-corrected chi connectivity index (χ1v) is 5.40. The van der Waals surface area contributed by atoms with Crippen LogP contribution in [-0.2, 0) is 6.54 Å². The molecule has 0 aliphatic heterocycles. The fourth-order valence-electron chi connectivity index (χ4n) is 1.44. The molecule has 90 valence electrons. The van der Waals surface area contributed by atoms with Crippen LogP contribution in [-0.4, -0.2) is 17.3 Å². The van der Waals surface area contributed by atoms with Crippen LogP contribution in [0, 0.1) is 6.92 Å². The quantitative estimate of drug-likeness (QED) is 0.907. The van der Waals surface area contributed by atoms with Gasteiger partial charge in [-0.2, -0.15) is 0 Å². The first kappa shape index (κ1) is 11.9. The molecule has 1 aromatic carbocycles. The smallest absolute Gasteiger partial charge is 0.251 e. The van der Waals surface area contributed by atoms with Gasteiger partial charge >= 0.3 is 0 Å². The number of methoxy groups -OCH3 is 1. The molecular formula is C11H12ClN3O2. The lowest BCUT2D eigenvalue weighted by Gasteiger charge is -2.07. The summed E-state index contributed by atoms with van der Waals surface area (Å²) >= 11 is 6.06. The second kappa shape index (κ2) is 4.73. The minimum Gasteiger partial charge on any atom is -0.496 e. The fraction of sp³-hybridized carbons (Fsp3) is 0.273. The SMILES string of the molecule is COc1cc(C)c(Cl)cc1-c1nnc(CN)o1. The Morgan fingerprint density at radius 1 is 1.41 bits per heavy atom. The predicted molar refractivity (Wildman–Crippen MR) is 63.9 cm³/mol. The van der Waals surface area contributed by atoms with Crippen molar-refractivity contribution in [3.05, 3.63) is 28.6 Å². The van der Waals surface area contributed by atoms with Crippen LogP contribution in [0.3, 0.4) is 0 Å². The Morgan fingerprint density at radius 3 is 2.76 bits per heavy atom. The summed E-state index contributed by atoms with van der Waals surface area (Å²) in [4.78, 5) is 0. The van der Waals surface area contributed by atoms with Crippen LogP contribution in [0.1, 0.15) is 11.5 Å². The van der Waals surface area contributed by atoms with Gasteiger partial charge in [-0.1, -0.05) is 11.6 Å². The highest BCUT2D eigenvalue weighted by atomic mass is 35.5. The van der Waals surface area contributed by atoms with E-state index < -0.39 is 0 Å². The summed E-state index contributed by atoms with van der Waals surface area (Å²) in [5.74, 6) is 1.36. The topological polar surface area (TPSA) is 74.2 Å². The van der Waals surface area contributed by atoms with E-state index in [1.807, 2.05) is 13.0 Å². The van der Waals surface area contributed by atoms with Crippen LogP contribution in [0.5, 0.6) is 5.75 Å². The standard InChI is InChI=1S/C11H12ClN3O2/c1-6-3-9(16-2)7(4-8(6)12)11-15-14-10(5-13)17-11/h3-4H,5,13H2,1-2H3. The average Bonchev–Trinajstić information content (AvgIpc) is 2.80. The molecule has 0 unspecified atom stereocenters. The number of ether oxygens (including phenoxy) is 1. The van der Waals surface area contributed by atoms with E-state index in [-0.39, 0.29) is 6.54 Å². The number of benzene rings is 1. The predicted octanol–water partition coefficient (Wildman–Crippen LogP) is 2.17. The van der Waals surface area contributed by atoms with E-state index in [0.717, 1.165) is 5.56 Å². The fourth-order valence-corrected chi connectivity index (χ4v) is 1.60. The van der Waals surface area contributed by atoms with Crippen molar-refractivity contribution in [1.82, 2.24) is 10.2 Å². The van der Waals surface area contributed by atoms with Crippen molar-refractivity contribution >= 4 is 11.6 Å². The molecule has 0 aliphatic carbocycles. The molecule has 2 N–H and O–H groups in total. The zero-order valence-electron chi connectivity index (χ0n) is 9.53. The Balaban J connectivity index is 2.53. The van der Waals surface area contributed by atoms with Gasteiger partial charge < -0.3 is 14.9 Å². The number of hydrogen-bond acceptors (Lipinski definition) is 5. The maximum absolute atomic E-state index is 6.06. The molecule has 0 bridgehead atoms. The average molecular weight is 254 g/mol. The van der Waals surface area contributed by atoms with E-state index in [0.29, 0.717) is 28.1 Å². The summed E-state index contributed by atoms with van der Waals surface area (Å²) in [7, 11) is 1.58. The van der Waals surface area contributed by atoms with Crippen molar-refractivity contribution in [2.75, 3.05) is 7.11 Å². The van der Waals surface area contributed by atoms with E-state index in [4.69, 9.17) is 26.5 Å². The Morgan fingerprint density at radius 2 is 2.18 bits per heavy atom. The minimum absolute atomic E-state index is 0.203. The Kier molecular flexibility index (Phi) is 3.31. The van der Waals surface area contributed by atoms with Gasteiger partial charge in [0.2, 0.25) is 5.89 Å². The van der Waals surface area contributed by atoms with Gasteiger partial charge in [0.25, 0.3) is 5.89 Å². The molecule has 1 aromatic heterocycles.